The number of hydrogen-bond acceptors (Lipinski definition) is 3. The van der Waals surface area contributed by atoms with Crippen molar-refractivity contribution < 1.29 is 9.90 Å². The van der Waals surface area contributed by atoms with Crippen LogP contribution in [0.3, 0.4) is 0 Å². The lowest BCUT2D eigenvalue weighted by Gasteiger charge is -2.35. The Morgan fingerprint density at radius 2 is 2.00 bits per heavy atom. The van der Waals surface area contributed by atoms with Gasteiger partial charge in [-0.2, -0.15) is 0 Å². The summed E-state index contributed by atoms with van der Waals surface area (Å²) in [5, 5.41) is 10.2. The monoisotopic (exact) mass is 282 g/mol. The lowest BCUT2D eigenvalue weighted by Crippen LogP contribution is -2.44. The molecule has 1 N–H and O–H groups in total. The van der Waals surface area contributed by atoms with Gasteiger partial charge in [0.05, 0.1) is 5.56 Å². The third-order valence-electron chi connectivity index (χ3n) is 3.67. The molecule has 1 aliphatic rings. The molecule has 1 amide bonds. The summed E-state index contributed by atoms with van der Waals surface area (Å²) in [5.74, 6) is -0.152. The molecule has 19 heavy (non-hydrogen) atoms. The first-order valence-corrected chi connectivity index (χ1v) is 6.81. The maximum absolute atomic E-state index is 12.3. The summed E-state index contributed by atoms with van der Waals surface area (Å²) in [6.07, 6.45) is 1.92. The lowest BCUT2D eigenvalue weighted by atomic mass is 10.0. The highest BCUT2D eigenvalue weighted by Gasteiger charge is 2.26. The van der Waals surface area contributed by atoms with Gasteiger partial charge in [0, 0.05) is 24.2 Å². The maximum Gasteiger partial charge on any atom is 0.257 e. The van der Waals surface area contributed by atoms with Crippen molar-refractivity contribution >= 4 is 17.5 Å². The molecule has 1 aromatic carbocycles. The summed E-state index contributed by atoms with van der Waals surface area (Å²) in [6.45, 7) is 1.43. The van der Waals surface area contributed by atoms with E-state index in [9.17, 15) is 9.90 Å². The minimum Gasteiger partial charge on any atom is -0.507 e. The average molecular weight is 283 g/mol. The third-order valence-corrected chi connectivity index (χ3v) is 3.91. The number of carbonyl (C=O) groups excluding carboxylic acids is 1. The number of nitrogens with zero attached hydrogens (tertiary/aromatic N) is 2. The highest BCUT2D eigenvalue weighted by atomic mass is 35.5. The standard InChI is InChI=1S/C14H19ClN2O2/c1-16(2)11-5-7-17(8-6-11)14(19)12-9-10(15)3-4-13(12)18/h3-4,9,11,18H,5-8H2,1-2H3. The molecule has 0 saturated carbocycles. The topological polar surface area (TPSA) is 43.8 Å². The molecule has 2 rings (SSSR count). The van der Waals surface area contributed by atoms with Crippen molar-refractivity contribution in [3.8, 4) is 5.75 Å². The predicted molar refractivity (Wildman–Crippen MR) is 75.7 cm³/mol. The van der Waals surface area contributed by atoms with Crippen LogP contribution in [0.15, 0.2) is 18.2 Å². The van der Waals surface area contributed by atoms with Gasteiger partial charge >= 0.3 is 0 Å². The molecular formula is C14H19ClN2O2. The molecule has 104 valence electrons. The van der Waals surface area contributed by atoms with Crippen molar-refractivity contribution in [2.24, 2.45) is 0 Å². The van der Waals surface area contributed by atoms with Gasteiger partial charge in [-0.15, -0.1) is 0 Å². The zero-order valence-electron chi connectivity index (χ0n) is 11.3. The number of likely N-dealkylation sites (tertiary alicyclic amines) is 1. The lowest BCUT2D eigenvalue weighted by molar-refractivity contribution is 0.0660. The van der Waals surface area contributed by atoms with E-state index in [-0.39, 0.29) is 17.2 Å². The van der Waals surface area contributed by atoms with Crippen LogP contribution in [0.25, 0.3) is 0 Å². The van der Waals surface area contributed by atoms with Gasteiger partial charge in [0.25, 0.3) is 5.91 Å². The van der Waals surface area contributed by atoms with Gasteiger partial charge in [0.2, 0.25) is 0 Å². The Hall–Kier alpha value is -1.26. The van der Waals surface area contributed by atoms with Crippen LogP contribution in [0.2, 0.25) is 5.02 Å². The molecule has 0 atom stereocenters. The predicted octanol–water partition coefficient (Wildman–Crippen LogP) is 2.21. The van der Waals surface area contributed by atoms with Crippen LogP contribution in [0.4, 0.5) is 0 Å². The van der Waals surface area contributed by atoms with E-state index < -0.39 is 0 Å². The Balaban J connectivity index is 2.07. The summed E-state index contributed by atoms with van der Waals surface area (Å²) in [4.78, 5) is 16.3. The first-order chi connectivity index (χ1) is 8.99. The van der Waals surface area contributed by atoms with Crippen molar-refractivity contribution in [2.75, 3.05) is 27.2 Å². The Bertz CT molecular complexity index is 469. The Morgan fingerprint density at radius 3 is 2.58 bits per heavy atom. The fourth-order valence-electron chi connectivity index (χ4n) is 2.44. The first-order valence-electron chi connectivity index (χ1n) is 6.43. The maximum atomic E-state index is 12.3. The van der Waals surface area contributed by atoms with Crippen molar-refractivity contribution in [1.82, 2.24) is 9.80 Å². The molecule has 1 saturated heterocycles. The van der Waals surface area contributed by atoms with Crippen LogP contribution < -0.4 is 0 Å². The molecule has 0 radical (unpaired) electrons. The average Bonchev–Trinajstić information content (AvgIpc) is 2.41. The molecular weight excluding hydrogens is 264 g/mol. The minimum absolute atomic E-state index is 0.0101. The molecule has 1 heterocycles. The van der Waals surface area contributed by atoms with Gasteiger partial charge in [0.15, 0.2) is 0 Å². The number of phenolic OH excluding ortho intramolecular Hbond substituents is 1. The van der Waals surface area contributed by atoms with E-state index in [1.165, 1.54) is 12.1 Å². The van der Waals surface area contributed by atoms with Gasteiger partial charge in [-0.05, 0) is 45.1 Å². The van der Waals surface area contributed by atoms with E-state index in [1.54, 1.807) is 11.0 Å². The van der Waals surface area contributed by atoms with Crippen molar-refractivity contribution in [2.45, 2.75) is 18.9 Å². The Kier molecular flexibility index (Phi) is 4.32. The Labute approximate surface area is 118 Å². The second-order valence-corrected chi connectivity index (χ2v) is 5.58. The number of rotatable bonds is 2. The first kappa shape index (κ1) is 14.2. The molecule has 1 aliphatic heterocycles. The summed E-state index contributed by atoms with van der Waals surface area (Å²) >= 11 is 5.88. The molecule has 1 aromatic rings. The SMILES string of the molecule is CN(C)C1CCN(C(=O)c2cc(Cl)ccc2O)CC1. The summed E-state index contributed by atoms with van der Waals surface area (Å²) in [7, 11) is 4.12. The van der Waals surface area contributed by atoms with E-state index in [0.29, 0.717) is 24.2 Å². The number of phenols is 1. The summed E-state index contributed by atoms with van der Waals surface area (Å²) in [6, 6.07) is 5.09. The number of hydrogen-bond donors (Lipinski definition) is 1. The summed E-state index contributed by atoms with van der Waals surface area (Å²) in [5.41, 5.74) is 0.288. The Morgan fingerprint density at radius 1 is 1.37 bits per heavy atom. The van der Waals surface area contributed by atoms with Crippen molar-refractivity contribution in [1.29, 1.82) is 0 Å². The van der Waals surface area contributed by atoms with Crippen LogP contribution >= 0.6 is 11.6 Å². The number of aromatic hydroxyl groups is 1. The largest absolute Gasteiger partial charge is 0.507 e. The van der Waals surface area contributed by atoms with E-state index in [2.05, 4.69) is 19.0 Å². The van der Waals surface area contributed by atoms with Crippen LogP contribution in [0.1, 0.15) is 23.2 Å². The molecule has 0 aromatic heterocycles. The van der Waals surface area contributed by atoms with Crippen LogP contribution in [-0.2, 0) is 0 Å². The second kappa shape index (κ2) is 5.80. The molecule has 0 spiro atoms. The highest BCUT2D eigenvalue weighted by Crippen LogP contribution is 2.24. The smallest absolute Gasteiger partial charge is 0.257 e. The van der Waals surface area contributed by atoms with Gasteiger partial charge in [-0.3, -0.25) is 4.79 Å². The summed E-state index contributed by atoms with van der Waals surface area (Å²) < 4.78 is 0. The van der Waals surface area contributed by atoms with Gasteiger partial charge < -0.3 is 14.9 Å². The van der Waals surface area contributed by atoms with Gasteiger partial charge in [0.1, 0.15) is 5.75 Å². The van der Waals surface area contributed by atoms with E-state index in [1.807, 2.05) is 0 Å². The molecule has 4 nitrogen and oxygen atoms in total. The fourth-order valence-corrected chi connectivity index (χ4v) is 2.61. The zero-order valence-corrected chi connectivity index (χ0v) is 12.0. The van der Waals surface area contributed by atoms with E-state index in [4.69, 9.17) is 11.6 Å². The van der Waals surface area contributed by atoms with Crippen LogP contribution in [0, 0.1) is 0 Å². The number of piperidine rings is 1. The molecule has 0 unspecified atom stereocenters. The van der Waals surface area contributed by atoms with E-state index >= 15 is 0 Å². The number of halogens is 1. The number of amides is 1. The normalized spacial score (nSPS) is 16.9. The number of benzene rings is 1. The molecule has 0 bridgehead atoms. The van der Waals surface area contributed by atoms with Gasteiger partial charge in [-0.1, -0.05) is 11.6 Å². The molecule has 5 heteroatoms. The van der Waals surface area contributed by atoms with Crippen LogP contribution in [0.5, 0.6) is 5.75 Å². The number of carbonyl (C=O) groups is 1. The fraction of sp³-hybridized carbons (Fsp3) is 0.500. The molecule has 0 aliphatic carbocycles. The highest BCUT2D eigenvalue weighted by molar-refractivity contribution is 6.31. The zero-order chi connectivity index (χ0) is 14.0. The van der Waals surface area contributed by atoms with Crippen molar-refractivity contribution in [3.05, 3.63) is 28.8 Å². The van der Waals surface area contributed by atoms with E-state index in [0.717, 1.165) is 12.8 Å². The van der Waals surface area contributed by atoms with Crippen LogP contribution in [-0.4, -0.2) is 54.0 Å². The third kappa shape index (κ3) is 3.19. The minimum atomic E-state index is -0.141. The quantitative estimate of drug-likeness (QED) is 0.904. The van der Waals surface area contributed by atoms with Gasteiger partial charge in [-0.25, -0.2) is 0 Å². The van der Waals surface area contributed by atoms with Crippen molar-refractivity contribution in [3.63, 3.8) is 0 Å². The second-order valence-electron chi connectivity index (χ2n) is 5.15. The molecule has 1 fully saturated rings.